The van der Waals surface area contributed by atoms with Crippen molar-refractivity contribution in [3.8, 4) is 11.4 Å². The van der Waals surface area contributed by atoms with Crippen LogP contribution in [0.1, 0.15) is 36.4 Å². The van der Waals surface area contributed by atoms with Gasteiger partial charge in [-0.2, -0.15) is 10.1 Å². The van der Waals surface area contributed by atoms with Crippen LogP contribution in [0.5, 0.6) is 0 Å². The highest BCUT2D eigenvalue weighted by Crippen LogP contribution is 2.31. The van der Waals surface area contributed by atoms with Gasteiger partial charge in [0.05, 0.1) is 17.4 Å². The van der Waals surface area contributed by atoms with E-state index in [-0.39, 0.29) is 11.9 Å². The van der Waals surface area contributed by atoms with Gasteiger partial charge in [0.1, 0.15) is 18.2 Å². The molecule has 0 bridgehead atoms. The predicted molar refractivity (Wildman–Crippen MR) is 94.9 cm³/mol. The van der Waals surface area contributed by atoms with Crippen molar-refractivity contribution in [3.63, 3.8) is 0 Å². The van der Waals surface area contributed by atoms with Crippen molar-refractivity contribution >= 4 is 11.6 Å². The van der Waals surface area contributed by atoms with Crippen molar-refractivity contribution in [1.82, 2.24) is 24.7 Å². The number of anilines is 2. The van der Waals surface area contributed by atoms with Gasteiger partial charge in [-0.15, -0.1) is 0 Å². The molecule has 7 nitrogen and oxygen atoms in total. The van der Waals surface area contributed by atoms with Gasteiger partial charge in [0.2, 0.25) is 5.95 Å². The van der Waals surface area contributed by atoms with Gasteiger partial charge in [0.25, 0.3) is 0 Å². The monoisotopic (exact) mass is 354 g/mol. The van der Waals surface area contributed by atoms with Gasteiger partial charge in [-0.3, -0.25) is 4.68 Å². The topological polar surface area (TPSA) is 96.2 Å². The van der Waals surface area contributed by atoms with Crippen molar-refractivity contribution in [1.29, 1.82) is 0 Å². The molecule has 3 aromatic rings. The Morgan fingerprint density at radius 1 is 1.27 bits per heavy atom. The average Bonchev–Trinajstić information content (AvgIpc) is 2.95. The van der Waals surface area contributed by atoms with Gasteiger partial charge in [-0.25, -0.2) is 14.4 Å². The molecule has 1 aliphatic rings. The molecule has 1 aromatic carbocycles. The van der Waals surface area contributed by atoms with E-state index < -0.39 is 0 Å². The fourth-order valence-electron chi connectivity index (χ4n) is 3.36. The van der Waals surface area contributed by atoms with Crippen LogP contribution in [0.25, 0.3) is 11.4 Å². The minimum Gasteiger partial charge on any atom is -0.351 e. The molecule has 8 heteroatoms. The third-order valence-corrected chi connectivity index (χ3v) is 4.69. The largest absolute Gasteiger partial charge is 0.351 e. The lowest BCUT2D eigenvalue weighted by Crippen LogP contribution is -2.53. The molecule has 2 aromatic heterocycles. The van der Waals surface area contributed by atoms with Crippen LogP contribution in [0.15, 0.2) is 30.9 Å². The molecule has 0 spiro atoms. The molecule has 134 valence electrons. The molecule has 1 unspecified atom stereocenters. The fraction of sp³-hybridized carbons (Fsp3) is 0.333. The summed E-state index contributed by atoms with van der Waals surface area (Å²) >= 11 is 0. The summed E-state index contributed by atoms with van der Waals surface area (Å²) in [6, 6.07) is 3.61. The highest BCUT2D eigenvalue weighted by Gasteiger charge is 2.22. The van der Waals surface area contributed by atoms with Gasteiger partial charge in [0.15, 0.2) is 5.82 Å². The molecule has 2 heterocycles. The Morgan fingerprint density at radius 2 is 2.15 bits per heavy atom. The maximum absolute atomic E-state index is 14.8. The van der Waals surface area contributed by atoms with Crippen molar-refractivity contribution < 1.29 is 10.1 Å². The van der Waals surface area contributed by atoms with E-state index in [9.17, 15) is 4.39 Å². The summed E-state index contributed by atoms with van der Waals surface area (Å²) in [7, 11) is 1.82. The van der Waals surface area contributed by atoms with Crippen LogP contribution in [0.3, 0.4) is 0 Å². The first-order chi connectivity index (χ1) is 12.6. The summed E-state index contributed by atoms with van der Waals surface area (Å²) in [4.78, 5) is 12.7. The minimum absolute atomic E-state index is 0.136. The zero-order valence-corrected chi connectivity index (χ0v) is 14.6. The van der Waals surface area contributed by atoms with Crippen LogP contribution in [0.4, 0.5) is 16.0 Å². The van der Waals surface area contributed by atoms with E-state index in [1.54, 1.807) is 23.1 Å². The van der Waals surface area contributed by atoms with Crippen LogP contribution in [0.2, 0.25) is 0 Å². The number of aryl methyl sites for hydroxylation is 2. The molecule has 0 amide bonds. The number of rotatable bonds is 3. The highest BCUT2D eigenvalue weighted by molar-refractivity contribution is 5.61. The smallest absolute Gasteiger partial charge is 0.230 e. The third kappa shape index (κ3) is 3.28. The Kier molecular flexibility index (Phi) is 4.34. The zero-order valence-electron chi connectivity index (χ0n) is 14.6. The Balaban J connectivity index is 1.69. The molecular formula is C18H21FN7+. The average molecular weight is 354 g/mol. The molecule has 0 fully saturated rings. The second-order valence-electron chi connectivity index (χ2n) is 6.63. The Hall–Kier alpha value is -2.87. The molecular weight excluding hydrogens is 333 g/mol. The molecule has 26 heavy (non-hydrogen) atoms. The quantitative estimate of drug-likeness (QED) is 0.703. The molecule has 0 radical (unpaired) electrons. The van der Waals surface area contributed by atoms with Gasteiger partial charge in [-0.05, 0) is 37.0 Å². The summed E-state index contributed by atoms with van der Waals surface area (Å²) in [5.74, 6) is 0.349. The van der Waals surface area contributed by atoms with Crippen molar-refractivity contribution in [2.24, 2.45) is 7.05 Å². The van der Waals surface area contributed by atoms with Crippen LogP contribution < -0.4 is 11.1 Å². The van der Waals surface area contributed by atoms with Gasteiger partial charge < -0.3 is 11.1 Å². The number of fused-ring (bicyclic) bond motifs is 1. The van der Waals surface area contributed by atoms with E-state index in [1.165, 1.54) is 6.33 Å². The van der Waals surface area contributed by atoms with E-state index in [4.69, 9.17) is 0 Å². The van der Waals surface area contributed by atoms with E-state index in [2.05, 4.69) is 31.1 Å². The normalized spacial score (nSPS) is 16.8. The molecule has 4 N–H and O–H groups in total. The first kappa shape index (κ1) is 16.6. The lowest BCUT2D eigenvalue weighted by molar-refractivity contribution is -0.428. The number of nitrogens with zero attached hydrogens (tertiary/aromatic N) is 5. The third-order valence-electron chi connectivity index (χ3n) is 4.69. The van der Waals surface area contributed by atoms with E-state index in [0.29, 0.717) is 17.3 Å². The predicted octanol–water partition coefficient (Wildman–Crippen LogP) is 2.16. The molecule has 1 atom stereocenters. The number of quaternary nitrogens is 1. The number of hydrogen-bond acceptors (Lipinski definition) is 5. The molecule has 4 rings (SSSR count). The van der Waals surface area contributed by atoms with E-state index >= 15 is 0 Å². The summed E-state index contributed by atoms with van der Waals surface area (Å²) in [6.45, 7) is 0. The van der Waals surface area contributed by atoms with Crippen molar-refractivity contribution in [2.75, 3.05) is 5.32 Å². The van der Waals surface area contributed by atoms with Crippen LogP contribution in [0, 0.1) is 5.82 Å². The standard InChI is InChI=1S/C18H20FN7/c1-26-9-12(8-23-26)24-18-22-10-21-17(25-18)14-6-11-4-2-3-5-16(20)13(11)7-15(14)19/h6-10,16H,2-5,20H2,1H3,(H,21,22,24,25)/p+1. The van der Waals surface area contributed by atoms with Gasteiger partial charge in [0, 0.05) is 25.2 Å². The maximum Gasteiger partial charge on any atom is 0.230 e. The number of nitrogens with one attached hydrogen (secondary N) is 1. The summed E-state index contributed by atoms with van der Waals surface area (Å²) in [6.07, 6.45) is 9.00. The summed E-state index contributed by atoms with van der Waals surface area (Å²) in [5, 5.41) is 7.14. The van der Waals surface area contributed by atoms with Gasteiger partial charge >= 0.3 is 0 Å². The molecule has 0 saturated heterocycles. The highest BCUT2D eigenvalue weighted by atomic mass is 19.1. The van der Waals surface area contributed by atoms with Crippen molar-refractivity contribution in [3.05, 3.63) is 47.8 Å². The number of halogens is 1. The Labute approximate surface area is 150 Å². The SMILES string of the molecule is Cn1cc(Nc2ncnc(-c3cc4c(cc3F)C([NH3+])CCCC4)n2)cn1. The van der Waals surface area contributed by atoms with E-state index in [0.717, 1.165) is 42.5 Å². The fourth-order valence-corrected chi connectivity index (χ4v) is 3.36. The Bertz CT molecular complexity index is 937. The van der Waals surface area contributed by atoms with Gasteiger partial charge in [-0.1, -0.05) is 0 Å². The zero-order chi connectivity index (χ0) is 18.1. The second kappa shape index (κ2) is 6.80. The number of aromatic nitrogens is 5. The van der Waals surface area contributed by atoms with E-state index in [1.807, 2.05) is 13.1 Å². The Morgan fingerprint density at radius 3 is 2.96 bits per heavy atom. The summed E-state index contributed by atoms with van der Waals surface area (Å²) < 4.78 is 16.4. The molecule has 1 aliphatic carbocycles. The molecule has 0 aliphatic heterocycles. The molecule has 0 saturated carbocycles. The van der Waals surface area contributed by atoms with Crippen LogP contribution in [-0.4, -0.2) is 24.7 Å². The number of benzene rings is 1. The minimum atomic E-state index is -0.321. The van der Waals surface area contributed by atoms with Crippen LogP contribution >= 0.6 is 0 Å². The van der Waals surface area contributed by atoms with Crippen molar-refractivity contribution in [2.45, 2.75) is 31.7 Å². The summed E-state index contributed by atoms with van der Waals surface area (Å²) in [5.41, 5.74) is 7.48. The number of hydrogen-bond donors (Lipinski definition) is 2. The second-order valence-corrected chi connectivity index (χ2v) is 6.63. The van der Waals surface area contributed by atoms with Crippen LogP contribution in [-0.2, 0) is 13.5 Å². The maximum atomic E-state index is 14.8. The lowest BCUT2D eigenvalue weighted by Gasteiger charge is -2.12. The first-order valence-corrected chi connectivity index (χ1v) is 8.70. The first-order valence-electron chi connectivity index (χ1n) is 8.70. The lowest BCUT2D eigenvalue weighted by atomic mass is 9.96.